The standard InChI is InChI=1S/C18H20N2O3/c1-2-22-16-6-3-13(4-7-16)18(21)20-15-5-8-17-14(11-15)12-19-9-10-23-17/h3-8,11,19H,2,9-10,12H2,1H3,(H,20,21). The molecular weight excluding hydrogens is 292 g/mol. The molecule has 2 aromatic carbocycles. The van der Waals surface area contributed by atoms with Crippen molar-refractivity contribution in [2.45, 2.75) is 13.5 Å². The number of hydrogen-bond donors (Lipinski definition) is 2. The number of nitrogens with one attached hydrogen (secondary N) is 2. The Bertz CT molecular complexity index is 683. The van der Waals surface area contributed by atoms with Crippen molar-refractivity contribution in [1.29, 1.82) is 0 Å². The van der Waals surface area contributed by atoms with E-state index >= 15 is 0 Å². The predicted octanol–water partition coefficient (Wildman–Crippen LogP) is 2.82. The number of carbonyl (C=O) groups excluding carboxylic acids is 1. The van der Waals surface area contributed by atoms with E-state index in [1.807, 2.05) is 25.1 Å². The fraction of sp³-hybridized carbons (Fsp3) is 0.278. The summed E-state index contributed by atoms with van der Waals surface area (Å²) in [5, 5.41) is 6.20. The number of amides is 1. The molecule has 2 aromatic rings. The molecule has 0 unspecified atom stereocenters. The topological polar surface area (TPSA) is 59.6 Å². The van der Waals surface area contributed by atoms with Crippen LogP contribution >= 0.6 is 0 Å². The Morgan fingerprint density at radius 2 is 2.09 bits per heavy atom. The third-order valence-electron chi connectivity index (χ3n) is 3.60. The van der Waals surface area contributed by atoms with Crippen molar-refractivity contribution in [3.05, 3.63) is 53.6 Å². The summed E-state index contributed by atoms with van der Waals surface area (Å²) >= 11 is 0. The summed E-state index contributed by atoms with van der Waals surface area (Å²) < 4.78 is 11.0. The van der Waals surface area contributed by atoms with E-state index in [1.165, 1.54) is 0 Å². The zero-order valence-electron chi connectivity index (χ0n) is 13.1. The quantitative estimate of drug-likeness (QED) is 0.911. The Morgan fingerprint density at radius 1 is 1.26 bits per heavy atom. The zero-order chi connectivity index (χ0) is 16.1. The van der Waals surface area contributed by atoms with Crippen molar-refractivity contribution >= 4 is 11.6 Å². The third-order valence-corrected chi connectivity index (χ3v) is 3.60. The zero-order valence-corrected chi connectivity index (χ0v) is 13.1. The molecule has 0 spiro atoms. The van der Waals surface area contributed by atoms with Gasteiger partial charge in [0.15, 0.2) is 0 Å². The molecule has 3 rings (SSSR count). The van der Waals surface area contributed by atoms with Crippen LogP contribution in [0.4, 0.5) is 5.69 Å². The van der Waals surface area contributed by atoms with Crippen LogP contribution in [0.2, 0.25) is 0 Å². The van der Waals surface area contributed by atoms with Crippen LogP contribution < -0.4 is 20.1 Å². The monoisotopic (exact) mass is 312 g/mol. The normalized spacial score (nSPS) is 13.4. The Kier molecular flexibility index (Phi) is 4.78. The van der Waals surface area contributed by atoms with Crippen molar-refractivity contribution < 1.29 is 14.3 Å². The molecule has 0 saturated carbocycles. The molecule has 23 heavy (non-hydrogen) atoms. The highest BCUT2D eigenvalue weighted by Gasteiger charge is 2.11. The lowest BCUT2D eigenvalue weighted by Gasteiger charge is -2.10. The number of ether oxygens (including phenoxy) is 2. The van der Waals surface area contributed by atoms with E-state index in [1.54, 1.807) is 24.3 Å². The lowest BCUT2D eigenvalue weighted by atomic mass is 10.1. The Hall–Kier alpha value is -2.53. The summed E-state index contributed by atoms with van der Waals surface area (Å²) in [6.07, 6.45) is 0. The maximum absolute atomic E-state index is 12.3. The average molecular weight is 312 g/mol. The smallest absolute Gasteiger partial charge is 0.255 e. The second-order valence-corrected chi connectivity index (χ2v) is 5.26. The molecule has 1 aliphatic heterocycles. The molecule has 1 heterocycles. The first-order chi connectivity index (χ1) is 11.3. The van der Waals surface area contributed by atoms with Gasteiger partial charge in [-0.3, -0.25) is 4.79 Å². The van der Waals surface area contributed by atoms with Crippen LogP contribution in [0, 0.1) is 0 Å². The summed E-state index contributed by atoms with van der Waals surface area (Å²) in [5.41, 5.74) is 2.40. The second-order valence-electron chi connectivity index (χ2n) is 5.26. The summed E-state index contributed by atoms with van der Waals surface area (Å²) in [7, 11) is 0. The molecule has 0 atom stereocenters. The molecule has 2 N–H and O–H groups in total. The van der Waals surface area contributed by atoms with Gasteiger partial charge in [-0.1, -0.05) is 0 Å². The summed E-state index contributed by atoms with van der Waals surface area (Å²) in [4.78, 5) is 12.3. The summed E-state index contributed by atoms with van der Waals surface area (Å²) in [6.45, 7) is 4.75. The van der Waals surface area contributed by atoms with Gasteiger partial charge in [-0.05, 0) is 49.4 Å². The fourth-order valence-corrected chi connectivity index (χ4v) is 2.46. The lowest BCUT2D eigenvalue weighted by molar-refractivity contribution is 0.102. The number of hydrogen-bond acceptors (Lipinski definition) is 4. The maximum Gasteiger partial charge on any atom is 0.255 e. The van der Waals surface area contributed by atoms with Crippen molar-refractivity contribution in [3.8, 4) is 11.5 Å². The van der Waals surface area contributed by atoms with Gasteiger partial charge in [0.25, 0.3) is 5.91 Å². The van der Waals surface area contributed by atoms with Gasteiger partial charge in [0.05, 0.1) is 6.61 Å². The predicted molar refractivity (Wildman–Crippen MR) is 89.2 cm³/mol. The van der Waals surface area contributed by atoms with Crippen LogP contribution in [0.3, 0.4) is 0 Å². The highest BCUT2D eigenvalue weighted by molar-refractivity contribution is 6.04. The fourth-order valence-electron chi connectivity index (χ4n) is 2.46. The van der Waals surface area contributed by atoms with Crippen molar-refractivity contribution in [1.82, 2.24) is 5.32 Å². The van der Waals surface area contributed by atoms with Crippen LogP contribution in [0.1, 0.15) is 22.8 Å². The minimum atomic E-state index is -0.143. The van der Waals surface area contributed by atoms with Gasteiger partial charge < -0.3 is 20.1 Å². The first-order valence-corrected chi connectivity index (χ1v) is 7.77. The molecule has 5 heteroatoms. The highest BCUT2D eigenvalue weighted by Crippen LogP contribution is 2.24. The molecule has 0 saturated heterocycles. The number of anilines is 1. The van der Waals surface area contributed by atoms with Gasteiger partial charge in [-0.15, -0.1) is 0 Å². The van der Waals surface area contributed by atoms with Gasteiger partial charge in [0, 0.05) is 29.9 Å². The summed E-state index contributed by atoms with van der Waals surface area (Å²) in [5.74, 6) is 1.49. The number of fused-ring (bicyclic) bond motifs is 1. The van der Waals surface area contributed by atoms with Crippen molar-refractivity contribution in [3.63, 3.8) is 0 Å². The maximum atomic E-state index is 12.3. The first kappa shape index (κ1) is 15.4. The second kappa shape index (κ2) is 7.15. The van der Waals surface area contributed by atoms with Gasteiger partial charge >= 0.3 is 0 Å². The van der Waals surface area contributed by atoms with Gasteiger partial charge in [0.1, 0.15) is 18.1 Å². The molecule has 0 aromatic heterocycles. The molecular formula is C18H20N2O3. The van der Waals surface area contributed by atoms with E-state index in [2.05, 4.69) is 10.6 Å². The molecule has 5 nitrogen and oxygen atoms in total. The molecule has 0 radical (unpaired) electrons. The van der Waals surface area contributed by atoms with Crippen LogP contribution in [-0.4, -0.2) is 25.7 Å². The molecule has 1 amide bonds. The number of benzene rings is 2. The van der Waals surface area contributed by atoms with Gasteiger partial charge in [-0.25, -0.2) is 0 Å². The molecule has 1 aliphatic rings. The Balaban J connectivity index is 1.71. The van der Waals surface area contributed by atoms with Crippen molar-refractivity contribution in [2.24, 2.45) is 0 Å². The lowest BCUT2D eigenvalue weighted by Crippen LogP contribution is -2.16. The first-order valence-electron chi connectivity index (χ1n) is 7.77. The average Bonchev–Trinajstić information content (AvgIpc) is 2.80. The van der Waals surface area contributed by atoms with Crippen LogP contribution in [-0.2, 0) is 6.54 Å². The van der Waals surface area contributed by atoms with E-state index in [9.17, 15) is 4.79 Å². The van der Waals surface area contributed by atoms with Crippen molar-refractivity contribution in [2.75, 3.05) is 25.1 Å². The van der Waals surface area contributed by atoms with Crippen LogP contribution in [0.5, 0.6) is 11.5 Å². The van der Waals surface area contributed by atoms with E-state index in [-0.39, 0.29) is 5.91 Å². The van der Waals surface area contributed by atoms with E-state index in [0.717, 1.165) is 35.8 Å². The summed E-state index contributed by atoms with van der Waals surface area (Å²) in [6, 6.07) is 12.8. The minimum Gasteiger partial charge on any atom is -0.494 e. The molecule has 120 valence electrons. The Morgan fingerprint density at radius 3 is 2.87 bits per heavy atom. The van der Waals surface area contributed by atoms with E-state index < -0.39 is 0 Å². The van der Waals surface area contributed by atoms with Crippen LogP contribution in [0.15, 0.2) is 42.5 Å². The minimum absolute atomic E-state index is 0.143. The van der Waals surface area contributed by atoms with Gasteiger partial charge in [-0.2, -0.15) is 0 Å². The molecule has 0 bridgehead atoms. The van der Waals surface area contributed by atoms with E-state index in [4.69, 9.17) is 9.47 Å². The number of rotatable bonds is 4. The largest absolute Gasteiger partial charge is 0.494 e. The molecule has 0 fully saturated rings. The number of carbonyl (C=O) groups is 1. The van der Waals surface area contributed by atoms with E-state index in [0.29, 0.717) is 18.8 Å². The SMILES string of the molecule is CCOc1ccc(C(=O)Nc2ccc3c(c2)CNCCO3)cc1. The molecule has 0 aliphatic carbocycles. The third kappa shape index (κ3) is 3.81. The van der Waals surface area contributed by atoms with Gasteiger partial charge in [0.2, 0.25) is 0 Å². The highest BCUT2D eigenvalue weighted by atomic mass is 16.5. The van der Waals surface area contributed by atoms with Crippen LogP contribution in [0.25, 0.3) is 0 Å². The Labute approximate surface area is 135 Å².